The van der Waals surface area contributed by atoms with Crippen LogP contribution < -0.4 is 5.32 Å². The summed E-state index contributed by atoms with van der Waals surface area (Å²) in [5, 5.41) is 11.4. The van der Waals surface area contributed by atoms with E-state index in [0.717, 1.165) is 5.75 Å². The van der Waals surface area contributed by atoms with Crippen LogP contribution in [0.3, 0.4) is 0 Å². The van der Waals surface area contributed by atoms with Gasteiger partial charge in [0.15, 0.2) is 0 Å². The molecule has 17 heavy (non-hydrogen) atoms. The summed E-state index contributed by atoms with van der Waals surface area (Å²) in [6.45, 7) is 4.34. The maximum absolute atomic E-state index is 11.8. The normalized spacial score (nSPS) is 11.1. The molecule has 0 aromatic rings. The van der Waals surface area contributed by atoms with Crippen LogP contribution >= 0.6 is 11.8 Å². The van der Waals surface area contributed by atoms with Crippen LogP contribution in [0.15, 0.2) is 0 Å². The summed E-state index contributed by atoms with van der Waals surface area (Å²) in [5.74, 6) is 0.0440. The van der Waals surface area contributed by atoms with Crippen LogP contribution in [-0.2, 0) is 4.79 Å². The third kappa shape index (κ3) is 7.90. The monoisotopic (exact) mass is 262 g/mol. The van der Waals surface area contributed by atoms with Gasteiger partial charge >= 0.3 is 12.0 Å². The maximum Gasteiger partial charge on any atom is 0.317 e. The predicted molar refractivity (Wildman–Crippen MR) is 70.5 cm³/mol. The van der Waals surface area contributed by atoms with Crippen molar-refractivity contribution in [3.63, 3.8) is 0 Å². The molecule has 0 aliphatic carbocycles. The molecule has 0 aliphatic rings. The number of carboxylic acids is 1. The van der Waals surface area contributed by atoms with E-state index in [1.54, 1.807) is 23.7 Å². The number of urea groups is 1. The van der Waals surface area contributed by atoms with Crippen molar-refractivity contribution < 1.29 is 14.7 Å². The Bertz CT molecular complexity index is 269. The second-order valence-electron chi connectivity index (χ2n) is 4.62. The summed E-state index contributed by atoms with van der Waals surface area (Å²) in [6, 6.07) is -0.158. The molecular weight excluding hydrogens is 240 g/mol. The Morgan fingerprint density at radius 3 is 2.47 bits per heavy atom. The largest absolute Gasteiger partial charge is 0.481 e. The number of amides is 2. The van der Waals surface area contributed by atoms with E-state index in [2.05, 4.69) is 5.32 Å². The third-order valence-electron chi connectivity index (χ3n) is 2.39. The van der Waals surface area contributed by atoms with Crippen LogP contribution in [-0.4, -0.2) is 53.1 Å². The van der Waals surface area contributed by atoms with Crippen molar-refractivity contribution in [3.05, 3.63) is 0 Å². The van der Waals surface area contributed by atoms with Crippen LogP contribution in [0, 0.1) is 0 Å². The highest BCUT2D eigenvalue weighted by molar-refractivity contribution is 7.98. The first kappa shape index (κ1) is 16.1. The maximum atomic E-state index is 11.8. The summed E-state index contributed by atoms with van der Waals surface area (Å²) < 4.78 is 0. The fraction of sp³-hybridized carbons (Fsp3) is 0.818. The summed E-state index contributed by atoms with van der Waals surface area (Å²) >= 11 is 1.68. The van der Waals surface area contributed by atoms with E-state index in [0.29, 0.717) is 13.0 Å². The minimum atomic E-state index is -0.844. The molecule has 0 aromatic heterocycles. The number of carbonyl (C=O) groups is 2. The smallest absolute Gasteiger partial charge is 0.317 e. The molecule has 0 saturated carbocycles. The van der Waals surface area contributed by atoms with Crippen molar-refractivity contribution in [1.82, 2.24) is 10.2 Å². The van der Waals surface area contributed by atoms with Gasteiger partial charge in [-0.1, -0.05) is 0 Å². The van der Waals surface area contributed by atoms with Crippen molar-refractivity contribution in [2.75, 3.05) is 25.6 Å². The first-order valence-corrected chi connectivity index (χ1v) is 6.92. The molecule has 0 aromatic carbocycles. The lowest BCUT2D eigenvalue weighted by atomic mass is 9.99. The van der Waals surface area contributed by atoms with Gasteiger partial charge in [-0.15, -0.1) is 0 Å². The molecule has 0 saturated heterocycles. The fourth-order valence-electron chi connectivity index (χ4n) is 1.20. The Kier molecular flexibility index (Phi) is 7.03. The summed E-state index contributed by atoms with van der Waals surface area (Å²) in [7, 11) is 1.73. The Balaban J connectivity index is 4.11. The van der Waals surface area contributed by atoms with Gasteiger partial charge in [0.05, 0.1) is 0 Å². The van der Waals surface area contributed by atoms with Crippen molar-refractivity contribution in [3.8, 4) is 0 Å². The van der Waals surface area contributed by atoms with Gasteiger partial charge in [0.25, 0.3) is 0 Å². The molecule has 0 spiro atoms. The SMILES string of the molecule is CSCCN(C)C(=O)NC(C)(C)CCC(=O)O. The average molecular weight is 262 g/mol. The van der Waals surface area contributed by atoms with E-state index in [1.807, 2.05) is 20.1 Å². The quantitative estimate of drug-likeness (QED) is 0.731. The number of nitrogens with zero attached hydrogens (tertiary/aromatic N) is 1. The minimum Gasteiger partial charge on any atom is -0.481 e. The third-order valence-corrected chi connectivity index (χ3v) is 2.98. The second-order valence-corrected chi connectivity index (χ2v) is 5.61. The van der Waals surface area contributed by atoms with E-state index in [4.69, 9.17) is 5.11 Å². The molecule has 2 amide bonds. The molecule has 0 heterocycles. The van der Waals surface area contributed by atoms with E-state index in [9.17, 15) is 9.59 Å². The zero-order valence-corrected chi connectivity index (χ0v) is 11.8. The van der Waals surface area contributed by atoms with Gasteiger partial charge in [0.2, 0.25) is 0 Å². The van der Waals surface area contributed by atoms with Gasteiger partial charge < -0.3 is 15.3 Å². The van der Waals surface area contributed by atoms with Crippen LogP contribution in [0.4, 0.5) is 4.79 Å². The molecule has 0 fully saturated rings. The van der Waals surface area contributed by atoms with Gasteiger partial charge in [-0.05, 0) is 26.5 Å². The Morgan fingerprint density at radius 2 is 2.00 bits per heavy atom. The van der Waals surface area contributed by atoms with Gasteiger partial charge in [0.1, 0.15) is 0 Å². The van der Waals surface area contributed by atoms with Gasteiger partial charge in [0, 0.05) is 31.3 Å². The topological polar surface area (TPSA) is 69.6 Å². The standard InChI is InChI=1S/C11H22N2O3S/c1-11(2,6-5-9(14)15)12-10(16)13(3)7-8-17-4/h5-8H2,1-4H3,(H,12,16)(H,14,15). The Labute approximate surface area is 107 Å². The van der Waals surface area contributed by atoms with E-state index >= 15 is 0 Å². The molecule has 2 N–H and O–H groups in total. The average Bonchev–Trinajstić information content (AvgIpc) is 2.22. The van der Waals surface area contributed by atoms with Crippen LogP contribution in [0.5, 0.6) is 0 Å². The number of hydrogen-bond donors (Lipinski definition) is 2. The summed E-state index contributed by atoms with van der Waals surface area (Å²) in [4.78, 5) is 23.9. The van der Waals surface area contributed by atoms with Gasteiger partial charge in [-0.2, -0.15) is 11.8 Å². The van der Waals surface area contributed by atoms with Crippen LogP contribution in [0.25, 0.3) is 0 Å². The number of rotatable bonds is 7. The summed E-state index contributed by atoms with van der Waals surface area (Å²) in [5.41, 5.74) is -0.497. The zero-order chi connectivity index (χ0) is 13.5. The number of thioether (sulfide) groups is 1. The molecule has 6 heteroatoms. The fourth-order valence-corrected chi connectivity index (χ4v) is 1.65. The van der Waals surface area contributed by atoms with Crippen molar-refractivity contribution in [2.24, 2.45) is 0 Å². The number of aliphatic carboxylic acids is 1. The number of carbonyl (C=O) groups excluding carboxylic acids is 1. The lowest BCUT2D eigenvalue weighted by Crippen LogP contribution is -2.49. The molecule has 0 bridgehead atoms. The minimum absolute atomic E-state index is 0.0573. The molecule has 0 radical (unpaired) electrons. The molecule has 0 rings (SSSR count). The van der Waals surface area contributed by atoms with E-state index in [-0.39, 0.29) is 12.5 Å². The van der Waals surface area contributed by atoms with Gasteiger partial charge in [-0.25, -0.2) is 4.79 Å². The molecule has 0 unspecified atom stereocenters. The highest BCUT2D eigenvalue weighted by Crippen LogP contribution is 2.11. The Morgan fingerprint density at radius 1 is 1.41 bits per heavy atom. The molecule has 100 valence electrons. The predicted octanol–water partition coefficient (Wildman–Crippen LogP) is 1.63. The molecule has 5 nitrogen and oxygen atoms in total. The first-order chi connectivity index (χ1) is 7.78. The van der Waals surface area contributed by atoms with Crippen molar-refractivity contribution in [2.45, 2.75) is 32.2 Å². The second kappa shape index (κ2) is 7.42. The van der Waals surface area contributed by atoms with E-state index in [1.165, 1.54) is 0 Å². The molecular formula is C11H22N2O3S. The zero-order valence-electron chi connectivity index (χ0n) is 10.9. The molecule has 0 atom stereocenters. The first-order valence-electron chi connectivity index (χ1n) is 5.52. The lowest BCUT2D eigenvalue weighted by molar-refractivity contribution is -0.137. The number of carboxylic acid groups (broad SMARTS) is 1. The summed E-state index contributed by atoms with van der Waals surface area (Å²) in [6.07, 6.45) is 2.47. The highest BCUT2D eigenvalue weighted by atomic mass is 32.2. The number of hydrogen-bond acceptors (Lipinski definition) is 3. The van der Waals surface area contributed by atoms with Crippen LogP contribution in [0.2, 0.25) is 0 Å². The highest BCUT2D eigenvalue weighted by Gasteiger charge is 2.22. The van der Waals surface area contributed by atoms with E-state index < -0.39 is 11.5 Å². The molecule has 0 aliphatic heterocycles. The van der Waals surface area contributed by atoms with Gasteiger partial charge in [-0.3, -0.25) is 4.79 Å². The lowest BCUT2D eigenvalue weighted by Gasteiger charge is -2.28. The van der Waals surface area contributed by atoms with Crippen molar-refractivity contribution in [1.29, 1.82) is 0 Å². The number of nitrogens with one attached hydrogen (secondary N) is 1. The Hall–Kier alpha value is -0.910. The van der Waals surface area contributed by atoms with Crippen LogP contribution in [0.1, 0.15) is 26.7 Å². The van der Waals surface area contributed by atoms with Crippen molar-refractivity contribution >= 4 is 23.8 Å².